The van der Waals surface area contributed by atoms with Gasteiger partial charge in [-0.25, -0.2) is 5.01 Å². The van der Waals surface area contributed by atoms with Crippen LogP contribution >= 0.6 is 0 Å². The summed E-state index contributed by atoms with van der Waals surface area (Å²) in [6.07, 6.45) is 4.43. The van der Waals surface area contributed by atoms with Gasteiger partial charge in [-0.2, -0.15) is 5.10 Å². The molecule has 13 nitrogen and oxygen atoms in total. The maximum Gasteiger partial charge on any atom is 0.300 e. The zero-order chi connectivity index (χ0) is 32.4. The van der Waals surface area contributed by atoms with Crippen LogP contribution in [0.15, 0.2) is 71.3 Å². The summed E-state index contributed by atoms with van der Waals surface area (Å²) >= 11 is 0. The van der Waals surface area contributed by atoms with Gasteiger partial charge < -0.3 is 19.1 Å². The molecular formula is C33H33N5O8. The first kappa shape index (κ1) is 30.7. The molecule has 0 radical (unpaired) electrons. The smallest absolute Gasteiger partial charge is 0.300 e. The first-order valence-electron chi connectivity index (χ1n) is 15.0. The number of nitrogens with zero attached hydrogens (tertiary/aromatic N) is 5. The number of hydrogen-bond acceptors (Lipinski definition) is 10. The molecule has 2 heterocycles. The summed E-state index contributed by atoms with van der Waals surface area (Å²) in [6.45, 7) is 1.05. The minimum atomic E-state index is -0.680. The van der Waals surface area contributed by atoms with Gasteiger partial charge >= 0.3 is 0 Å². The third-order valence-corrected chi connectivity index (χ3v) is 8.66. The summed E-state index contributed by atoms with van der Waals surface area (Å²) in [7, 11) is 3.18. The molecule has 1 saturated carbocycles. The van der Waals surface area contributed by atoms with E-state index in [1.165, 1.54) is 5.01 Å². The molecule has 0 bridgehead atoms. The standard InChI is InChI=1S/C33H33N5O8/c1-44-25-10-6-21(7-11-25)18-23-4-3-5-27-30(23)34-36(31(27)22-8-12-26(45-2)13-9-22)33(39)24-19-28(37(40)41)32(29(20-24)38(42)43)35-14-16-46-17-15-35/h6-13,18-20,27,31H,3-5,14-17H2,1-2H3/b23-18+/t27-,31+/m1/s1. The molecule has 0 N–H and O–H groups in total. The van der Waals surface area contributed by atoms with Crippen LogP contribution in [-0.2, 0) is 4.74 Å². The van der Waals surface area contributed by atoms with Crippen molar-refractivity contribution in [1.82, 2.24) is 5.01 Å². The number of hydrogen-bond donors (Lipinski definition) is 0. The van der Waals surface area contributed by atoms with Crippen LogP contribution in [0.3, 0.4) is 0 Å². The Hall–Kier alpha value is -5.30. The third-order valence-electron chi connectivity index (χ3n) is 8.66. The van der Waals surface area contributed by atoms with Gasteiger partial charge in [0.05, 0.1) is 54.6 Å². The van der Waals surface area contributed by atoms with Crippen LogP contribution in [0.25, 0.3) is 6.08 Å². The molecule has 238 valence electrons. The third kappa shape index (κ3) is 5.88. The van der Waals surface area contributed by atoms with Crippen LogP contribution in [0.5, 0.6) is 11.5 Å². The zero-order valence-corrected chi connectivity index (χ0v) is 25.5. The van der Waals surface area contributed by atoms with Crippen LogP contribution in [-0.4, -0.2) is 67.0 Å². The monoisotopic (exact) mass is 627 g/mol. The number of ether oxygens (including phenoxy) is 3. The summed E-state index contributed by atoms with van der Waals surface area (Å²) in [4.78, 5) is 39.1. The number of nitro groups is 2. The predicted molar refractivity (Wildman–Crippen MR) is 170 cm³/mol. The van der Waals surface area contributed by atoms with Crippen molar-refractivity contribution < 1.29 is 28.9 Å². The zero-order valence-electron chi connectivity index (χ0n) is 25.5. The second-order valence-corrected chi connectivity index (χ2v) is 11.3. The van der Waals surface area contributed by atoms with Gasteiger partial charge in [0, 0.05) is 31.1 Å². The quantitative estimate of drug-likeness (QED) is 0.223. The highest BCUT2D eigenvalue weighted by Gasteiger charge is 2.45. The molecule has 0 spiro atoms. The van der Waals surface area contributed by atoms with Crippen LogP contribution in [0, 0.1) is 26.1 Å². The Morgan fingerprint density at radius 3 is 2.09 bits per heavy atom. The molecule has 6 rings (SSSR count). The molecule has 3 aromatic rings. The van der Waals surface area contributed by atoms with Crippen molar-refractivity contribution in [2.75, 3.05) is 45.4 Å². The minimum absolute atomic E-state index is 0.132. The predicted octanol–water partition coefficient (Wildman–Crippen LogP) is 5.79. The molecule has 0 unspecified atom stereocenters. The number of carbonyl (C=O) groups excluding carboxylic acids is 1. The Balaban J connectivity index is 1.45. The molecular weight excluding hydrogens is 594 g/mol. The lowest BCUT2D eigenvalue weighted by Gasteiger charge is -2.30. The van der Waals surface area contributed by atoms with E-state index in [1.807, 2.05) is 36.4 Å². The number of benzene rings is 3. The molecule has 3 aliphatic rings. The number of allylic oxidation sites excluding steroid dienone is 1. The second kappa shape index (κ2) is 13.0. The van der Waals surface area contributed by atoms with E-state index in [-0.39, 0.29) is 43.5 Å². The van der Waals surface area contributed by atoms with Gasteiger partial charge in [-0.3, -0.25) is 25.0 Å². The molecule has 2 aliphatic heterocycles. The summed E-state index contributed by atoms with van der Waals surface area (Å²) < 4.78 is 16.0. The van der Waals surface area contributed by atoms with Gasteiger partial charge in [-0.15, -0.1) is 0 Å². The van der Waals surface area contributed by atoms with E-state index in [1.54, 1.807) is 31.3 Å². The topological polar surface area (TPSA) is 150 Å². The van der Waals surface area contributed by atoms with E-state index in [4.69, 9.17) is 19.3 Å². The van der Waals surface area contributed by atoms with Gasteiger partial charge in [0.2, 0.25) is 0 Å². The van der Waals surface area contributed by atoms with Gasteiger partial charge in [0.15, 0.2) is 5.69 Å². The van der Waals surface area contributed by atoms with E-state index in [0.717, 1.165) is 59.6 Å². The number of rotatable bonds is 8. The number of morpholine rings is 1. The van der Waals surface area contributed by atoms with Crippen LogP contribution in [0.4, 0.5) is 17.1 Å². The van der Waals surface area contributed by atoms with E-state index < -0.39 is 33.2 Å². The van der Waals surface area contributed by atoms with Gasteiger partial charge in [-0.05, 0) is 66.3 Å². The van der Waals surface area contributed by atoms with E-state index in [2.05, 4.69) is 6.08 Å². The summed E-state index contributed by atoms with van der Waals surface area (Å²) in [5.74, 6) is 0.565. The van der Waals surface area contributed by atoms with E-state index >= 15 is 0 Å². The second-order valence-electron chi connectivity index (χ2n) is 11.3. The van der Waals surface area contributed by atoms with Crippen LogP contribution in [0.2, 0.25) is 0 Å². The molecule has 1 aliphatic carbocycles. The lowest BCUT2D eigenvalue weighted by atomic mass is 9.77. The molecule has 1 amide bonds. The molecule has 13 heteroatoms. The number of fused-ring (bicyclic) bond motifs is 1. The number of carbonyl (C=O) groups is 1. The molecule has 3 aromatic carbocycles. The fourth-order valence-corrected chi connectivity index (χ4v) is 6.45. The van der Waals surface area contributed by atoms with Gasteiger partial charge in [0.1, 0.15) is 11.5 Å². The first-order chi connectivity index (χ1) is 22.3. The molecule has 1 saturated heterocycles. The largest absolute Gasteiger partial charge is 0.497 e. The minimum Gasteiger partial charge on any atom is -0.497 e. The normalized spacial score (nSPS) is 20.2. The van der Waals surface area contributed by atoms with E-state index in [0.29, 0.717) is 5.75 Å². The number of hydrazone groups is 1. The lowest BCUT2D eigenvalue weighted by Crippen LogP contribution is -2.37. The Bertz CT molecular complexity index is 1680. The van der Waals surface area contributed by atoms with Crippen molar-refractivity contribution in [2.45, 2.75) is 25.3 Å². The SMILES string of the molecule is COc1ccc(/C=C2\CCC[C@@H]3C2=NN(C(=O)c2cc([N+](=O)[O-])c(N4CCOCC4)c([N+](=O)[O-])c2)[C@H]3c2ccc(OC)cc2)cc1. The van der Waals surface area contributed by atoms with Crippen molar-refractivity contribution in [3.05, 3.63) is 103 Å². The Kier molecular flexibility index (Phi) is 8.66. The fourth-order valence-electron chi connectivity index (χ4n) is 6.45. The van der Waals surface area contributed by atoms with Crippen molar-refractivity contribution in [3.8, 4) is 11.5 Å². The molecule has 2 atom stereocenters. The van der Waals surface area contributed by atoms with E-state index in [9.17, 15) is 25.0 Å². The average molecular weight is 628 g/mol. The van der Waals surface area contributed by atoms with Gasteiger partial charge in [-0.1, -0.05) is 24.3 Å². The first-order valence-corrected chi connectivity index (χ1v) is 15.0. The maximum absolute atomic E-state index is 14.4. The molecule has 0 aromatic heterocycles. The van der Waals surface area contributed by atoms with Crippen LogP contribution in [0.1, 0.15) is 46.8 Å². The van der Waals surface area contributed by atoms with Crippen LogP contribution < -0.4 is 14.4 Å². The molecule has 2 fully saturated rings. The summed E-state index contributed by atoms with van der Waals surface area (Å²) in [5.41, 5.74) is 2.16. The van der Waals surface area contributed by atoms with Gasteiger partial charge in [0.25, 0.3) is 17.3 Å². The Labute approximate surface area is 265 Å². The van der Waals surface area contributed by atoms with Crippen molar-refractivity contribution in [3.63, 3.8) is 0 Å². The molecule has 46 heavy (non-hydrogen) atoms. The lowest BCUT2D eigenvalue weighted by molar-refractivity contribution is -0.392. The maximum atomic E-state index is 14.4. The summed E-state index contributed by atoms with van der Waals surface area (Å²) in [5, 5.41) is 30.8. The van der Waals surface area contributed by atoms with Crippen molar-refractivity contribution in [1.29, 1.82) is 0 Å². The highest BCUT2D eigenvalue weighted by Crippen LogP contribution is 2.46. The summed E-state index contributed by atoms with van der Waals surface area (Å²) in [6, 6.07) is 16.7. The number of amides is 1. The van der Waals surface area contributed by atoms with Crippen molar-refractivity contribution >= 4 is 34.8 Å². The number of anilines is 1. The highest BCUT2D eigenvalue weighted by molar-refractivity contribution is 6.09. The fraction of sp³-hybridized carbons (Fsp3) is 0.333. The number of nitro benzene ring substituents is 2. The Morgan fingerprint density at radius 1 is 0.935 bits per heavy atom. The average Bonchev–Trinajstić information content (AvgIpc) is 3.48. The number of methoxy groups -OCH3 is 2. The van der Waals surface area contributed by atoms with Crippen molar-refractivity contribution in [2.24, 2.45) is 11.0 Å². The Morgan fingerprint density at radius 2 is 1.52 bits per heavy atom. The highest BCUT2D eigenvalue weighted by atomic mass is 16.6.